The van der Waals surface area contributed by atoms with Gasteiger partial charge in [0.25, 0.3) is 0 Å². The van der Waals surface area contributed by atoms with Crippen molar-refractivity contribution in [1.82, 2.24) is 19.5 Å². The van der Waals surface area contributed by atoms with E-state index in [0.717, 1.165) is 12.1 Å². The van der Waals surface area contributed by atoms with Gasteiger partial charge in [0, 0.05) is 24.0 Å². The molecule has 1 aliphatic heterocycles. The van der Waals surface area contributed by atoms with Crippen LogP contribution in [0.1, 0.15) is 31.1 Å². The first-order chi connectivity index (χ1) is 15.2. The van der Waals surface area contributed by atoms with Crippen LogP contribution < -0.4 is 10.2 Å². The molecule has 1 amide bonds. The van der Waals surface area contributed by atoms with E-state index in [1.165, 1.54) is 28.1 Å². The van der Waals surface area contributed by atoms with Gasteiger partial charge < -0.3 is 19.7 Å². The van der Waals surface area contributed by atoms with Crippen molar-refractivity contribution in [1.29, 1.82) is 0 Å². The Kier molecular flexibility index (Phi) is 5.74. The number of cyclic esters (lactones) is 1. The molecule has 0 bridgehead atoms. The van der Waals surface area contributed by atoms with E-state index in [-0.39, 0.29) is 29.6 Å². The highest BCUT2D eigenvalue weighted by Crippen LogP contribution is 2.27. The number of anilines is 2. The average Bonchev–Trinajstić information content (AvgIpc) is 3.35. The monoisotopic (exact) mass is 444 g/mol. The Hall–Kier alpha value is -3.60. The summed E-state index contributed by atoms with van der Waals surface area (Å²) >= 11 is 0. The van der Waals surface area contributed by atoms with E-state index < -0.39 is 35.9 Å². The van der Waals surface area contributed by atoms with Crippen LogP contribution in [0.15, 0.2) is 36.9 Å². The van der Waals surface area contributed by atoms with Gasteiger partial charge in [-0.25, -0.2) is 23.5 Å². The van der Waals surface area contributed by atoms with Gasteiger partial charge in [0.15, 0.2) is 0 Å². The van der Waals surface area contributed by atoms with E-state index in [9.17, 15) is 18.7 Å². The van der Waals surface area contributed by atoms with Crippen molar-refractivity contribution in [2.45, 2.75) is 39.0 Å². The first-order valence-corrected chi connectivity index (χ1v) is 9.98. The van der Waals surface area contributed by atoms with E-state index >= 15 is 0 Å². The zero-order valence-electron chi connectivity index (χ0n) is 17.7. The van der Waals surface area contributed by atoms with Gasteiger partial charge in [-0.1, -0.05) is 0 Å². The molecule has 0 aliphatic carbocycles. The number of ether oxygens (including phenoxy) is 1. The number of hydrogen-bond donors (Lipinski definition) is 2. The lowest BCUT2D eigenvalue weighted by Crippen LogP contribution is -2.41. The summed E-state index contributed by atoms with van der Waals surface area (Å²) in [6.07, 6.45) is 2.97. The van der Waals surface area contributed by atoms with Crippen LogP contribution in [0, 0.1) is 18.6 Å². The Morgan fingerprint density at radius 3 is 2.72 bits per heavy atom. The Morgan fingerprint density at radius 1 is 1.25 bits per heavy atom. The molecule has 1 aliphatic rings. The Morgan fingerprint density at radius 2 is 2.03 bits per heavy atom. The first-order valence-electron chi connectivity index (χ1n) is 9.98. The second kappa shape index (κ2) is 8.50. The van der Waals surface area contributed by atoms with E-state index in [4.69, 9.17) is 4.74 Å². The van der Waals surface area contributed by atoms with Crippen molar-refractivity contribution in [2.24, 2.45) is 0 Å². The largest absolute Gasteiger partial charge is 0.447 e. The molecule has 3 aromatic rings. The number of carbonyl (C=O) groups excluding carboxylic acids is 1. The van der Waals surface area contributed by atoms with E-state index in [1.54, 1.807) is 27.0 Å². The fraction of sp³-hybridized carbons (Fsp3) is 0.333. The standard InChI is InChI=1S/C21H22F2N6O3/c1-11-8-28(10-25-11)17-7-15(22)14(6-16(17)23)12(2)26-20-24-5-4-19(27-20)29-18(13(3)30)9-32-21(29)31/h4-8,10,12-13,18,30H,9H2,1-3H3,(H,24,26,27)/t12-,13+,18?/m0/s1. The highest BCUT2D eigenvalue weighted by molar-refractivity contribution is 5.89. The molecule has 2 N–H and O–H groups in total. The van der Waals surface area contributed by atoms with Gasteiger partial charge in [-0.05, 0) is 32.9 Å². The summed E-state index contributed by atoms with van der Waals surface area (Å²) in [7, 11) is 0. The molecule has 1 saturated heterocycles. The third kappa shape index (κ3) is 4.11. The maximum atomic E-state index is 14.8. The molecule has 1 aromatic carbocycles. The number of amides is 1. The molecule has 32 heavy (non-hydrogen) atoms. The van der Waals surface area contributed by atoms with Crippen molar-refractivity contribution in [3.8, 4) is 5.69 Å². The van der Waals surface area contributed by atoms with Gasteiger partial charge in [-0.15, -0.1) is 0 Å². The molecule has 3 heterocycles. The SMILES string of the molecule is Cc1cn(-c2cc(F)c([C@H](C)Nc3nccc(N4C(=O)OCC4[C@@H](C)O)n3)cc2F)cn1. The number of aliphatic hydroxyl groups is 1. The Balaban J connectivity index is 1.57. The quantitative estimate of drug-likeness (QED) is 0.602. The minimum Gasteiger partial charge on any atom is -0.447 e. The lowest BCUT2D eigenvalue weighted by Gasteiger charge is -2.23. The van der Waals surface area contributed by atoms with Crippen LogP contribution in [0.4, 0.5) is 25.3 Å². The summed E-state index contributed by atoms with van der Waals surface area (Å²) in [5.41, 5.74) is 0.814. The minimum absolute atomic E-state index is 0.0347. The average molecular weight is 444 g/mol. The molecular weight excluding hydrogens is 422 g/mol. The van der Waals surface area contributed by atoms with Crippen LogP contribution in [0.2, 0.25) is 0 Å². The van der Waals surface area contributed by atoms with Crippen LogP contribution >= 0.6 is 0 Å². The molecule has 2 aromatic heterocycles. The molecule has 0 saturated carbocycles. The molecule has 11 heteroatoms. The summed E-state index contributed by atoms with van der Waals surface area (Å²) in [4.78, 5) is 25.7. The maximum Gasteiger partial charge on any atom is 0.416 e. The number of aromatic nitrogens is 4. The van der Waals surface area contributed by atoms with Crippen molar-refractivity contribution in [2.75, 3.05) is 16.8 Å². The van der Waals surface area contributed by atoms with Crippen LogP contribution in [0.25, 0.3) is 5.69 Å². The highest BCUT2D eigenvalue weighted by Gasteiger charge is 2.38. The molecule has 168 valence electrons. The number of nitrogens with one attached hydrogen (secondary N) is 1. The van der Waals surface area contributed by atoms with E-state index in [2.05, 4.69) is 20.3 Å². The first kappa shape index (κ1) is 21.6. The number of benzene rings is 1. The fourth-order valence-corrected chi connectivity index (χ4v) is 3.51. The predicted octanol–water partition coefficient (Wildman–Crippen LogP) is 3.13. The van der Waals surface area contributed by atoms with Gasteiger partial charge >= 0.3 is 6.09 Å². The number of aliphatic hydroxyl groups excluding tert-OH is 1. The zero-order valence-corrected chi connectivity index (χ0v) is 17.7. The number of carbonyl (C=O) groups is 1. The van der Waals surface area contributed by atoms with Crippen LogP contribution in [-0.4, -0.2) is 49.5 Å². The third-order valence-electron chi connectivity index (χ3n) is 5.22. The second-order valence-corrected chi connectivity index (χ2v) is 7.61. The third-order valence-corrected chi connectivity index (χ3v) is 5.22. The van der Waals surface area contributed by atoms with E-state index in [0.29, 0.717) is 5.69 Å². The smallest absolute Gasteiger partial charge is 0.416 e. The topological polar surface area (TPSA) is 105 Å². The number of rotatable bonds is 6. The van der Waals surface area contributed by atoms with Gasteiger partial charge in [0.2, 0.25) is 5.95 Å². The molecular formula is C21H22F2N6O3. The van der Waals surface area contributed by atoms with Crippen molar-refractivity contribution >= 4 is 17.9 Å². The van der Waals surface area contributed by atoms with Gasteiger partial charge in [0.05, 0.1) is 29.9 Å². The summed E-state index contributed by atoms with van der Waals surface area (Å²) in [6, 6.07) is 2.45. The fourth-order valence-electron chi connectivity index (χ4n) is 3.51. The molecule has 3 atom stereocenters. The Labute approximate surface area is 182 Å². The maximum absolute atomic E-state index is 14.8. The number of nitrogens with zero attached hydrogens (tertiary/aromatic N) is 5. The minimum atomic E-state index is -0.832. The van der Waals surface area contributed by atoms with Gasteiger partial charge in [-0.2, -0.15) is 4.98 Å². The summed E-state index contributed by atoms with van der Waals surface area (Å²) in [5.74, 6) is -0.892. The summed E-state index contributed by atoms with van der Waals surface area (Å²) in [6.45, 7) is 4.98. The highest BCUT2D eigenvalue weighted by atomic mass is 19.1. The van der Waals surface area contributed by atoms with Crippen LogP contribution in [0.5, 0.6) is 0 Å². The van der Waals surface area contributed by atoms with Crippen LogP contribution in [0.3, 0.4) is 0 Å². The molecule has 9 nitrogen and oxygen atoms in total. The van der Waals surface area contributed by atoms with Gasteiger partial charge in [0.1, 0.15) is 30.1 Å². The molecule has 1 fully saturated rings. The lowest BCUT2D eigenvalue weighted by atomic mass is 10.1. The molecule has 0 radical (unpaired) electrons. The normalized spacial score (nSPS) is 17.9. The van der Waals surface area contributed by atoms with Gasteiger partial charge in [-0.3, -0.25) is 4.90 Å². The zero-order chi connectivity index (χ0) is 23.0. The molecule has 0 spiro atoms. The lowest BCUT2D eigenvalue weighted by molar-refractivity contribution is 0.142. The summed E-state index contributed by atoms with van der Waals surface area (Å²) < 4.78 is 35.9. The predicted molar refractivity (Wildman–Crippen MR) is 112 cm³/mol. The van der Waals surface area contributed by atoms with E-state index in [1.807, 2.05) is 0 Å². The number of imidazole rings is 1. The van der Waals surface area contributed by atoms with Crippen molar-refractivity contribution in [3.63, 3.8) is 0 Å². The Bertz CT molecular complexity index is 1150. The summed E-state index contributed by atoms with van der Waals surface area (Å²) in [5, 5.41) is 12.8. The van der Waals surface area contributed by atoms with Crippen LogP contribution in [-0.2, 0) is 4.74 Å². The number of halogens is 2. The number of aryl methyl sites for hydroxylation is 1. The molecule has 1 unspecified atom stereocenters. The number of hydrogen-bond acceptors (Lipinski definition) is 7. The van der Waals surface area contributed by atoms with Crippen molar-refractivity contribution in [3.05, 3.63) is 59.8 Å². The van der Waals surface area contributed by atoms with Crippen molar-refractivity contribution < 1.29 is 23.4 Å². The molecule has 4 rings (SSSR count). The second-order valence-electron chi connectivity index (χ2n) is 7.61.